The highest BCUT2D eigenvalue weighted by Gasteiger charge is 2.48. The lowest BCUT2D eigenvalue weighted by Crippen LogP contribution is -2.53. The van der Waals surface area contributed by atoms with E-state index in [2.05, 4.69) is 26.6 Å². The molecule has 3 amide bonds. The zero-order valence-corrected chi connectivity index (χ0v) is 12.3. The number of carbonyl (C=O) groups is 2. The number of nitrogens with zero attached hydrogens (tertiary/aromatic N) is 3. The fraction of sp³-hybridized carbons (Fsp3) is 0.467. The molecule has 0 aliphatic carbocycles. The smallest absolute Gasteiger partial charge is 0.322 e. The van der Waals surface area contributed by atoms with Crippen molar-refractivity contribution in [1.29, 1.82) is 5.26 Å². The number of urea groups is 1. The summed E-state index contributed by atoms with van der Waals surface area (Å²) in [5.41, 5.74) is 0.594. The van der Waals surface area contributed by atoms with Crippen molar-refractivity contribution in [3.05, 3.63) is 24.0 Å². The van der Waals surface area contributed by atoms with Gasteiger partial charge in [-0.2, -0.15) is 5.26 Å². The van der Waals surface area contributed by atoms with E-state index in [0.29, 0.717) is 5.56 Å². The first-order chi connectivity index (χ1) is 10.5. The fourth-order valence-corrected chi connectivity index (χ4v) is 3.27. The Morgan fingerprint density at radius 3 is 2.73 bits per heavy atom. The predicted molar refractivity (Wildman–Crippen MR) is 79.0 cm³/mol. The minimum atomic E-state index is -0.837. The van der Waals surface area contributed by atoms with Crippen molar-refractivity contribution in [2.45, 2.75) is 25.3 Å². The lowest BCUT2D eigenvalue weighted by Gasteiger charge is -2.39. The first-order valence-electron chi connectivity index (χ1n) is 7.27. The van der Waals surface area contributed by atoms with E-state index >= 15 is 0 Å². The van der Waals surface area contributed by atoms with Crippen LogP contribution in [-0.4, -0.2) is 35.6 Å². The van der Waals surface area contributed by atoms with Gasteiger partial charge in [-0.05, 0) is 31.7 Å². The third-order valence-electron chi connectivity index (χ3n) is 4.64. The van der Waals surface area contributed by atoms with Crippen LogP contribution in [0.5, 0.6) is 0 Å². The van der Waals surface area contributed by atoms with Crippen molar-refractivity contribution < 1.29 is 9.59 Å². The minimum Gasteiger partial charge on any atom is -0.369 e. The van der Waals surface area contributed by atoms with Crippen molar-refractivity contribution in [1.82, 2.24) is 15.6 Å². The Balaban J connectivity index is 1.72. The number of rotatable bonds is 2. The van der Waals surface area contributed by atoms with Crippen LogP contribution in [0.25, 0.3) is 0 Å². The van der Waals surface area contributed by atoms with E-state index in [0.717, 1.165) is 31.6 Å². The summed E-state index contributed by atoms with van der Waals surface area (Å²) < 4.78 is 0. The number of pyridine rings is 1. The molecule has 1 aromatic heterocycles. The van der Waals surface area contributed by atoms with Gasteiger partial charge in [0.05, 0.1) is 17.4 Å². The number of carbonyl (C=O) groups excluding carboxylic acids is 2. The first kappa shape index (κ1) is 14.3. The van der Waals surface area contributed by atoms with Crippen molar-refractivity contribution >= 4 is 17.6 Å². The average Bonchev–Trinajstić information content (AvgIpc) is 2.81. The van der Waals surface area contributed by atoms with Crippen LogP contribution in [0.3, 0.4) is 0 Å². The topological polar surface area (TPSA) is 98.1 Å². The summed E-state index contributed by atoms with van der Waals surface area (Å²) in [6.45, 7) is 3.23. The second kappa shape index (κ2) is 5.30. The van der Waals surface area contributed by atoms with Gasteiger partial charge in [0.2, 0.25) is 0 Å². The Morgan fingerprint density at radius 1 is 1.41 bits per heavy atom. The molecule has 2 N–H and O–H groups in total. The predicted octanol–water partition coefficient (Wildman–Crippen LogP) is 0.768. The summed E-state index contributed by atoms with van der Waals surface area (Å²) >= 11 is 0. The van der Waals surface area contributed by atoms with Crippen LogP contribution in [0.2, 0.25) is 0 Å². The largest absolute Gasteiger partial charge is 0.369 e. The first-order valence-corrected chi connectivity index (χ1v) is 7.27. The molecule has 3 heterocycles. The van der Waals surface area contributed by atoms with E-state index < -0.39 is 11.6 Å². The number of hydrogen-bond donors (Lipinski definition) is 2. The normalized spacial score (nSPS) is 25.5. The zero-order chi connectivity index (χ0) is 15.7. The van der Waals surface area contributed by atoms with Gasteiger partial charge in [-0.25, -0.2) is 4.79 Å². The molecule has 7 nitrogen and oxygen atoms in total. The van der Waals surface area contributed by atoms with E-state index in [9.17, 15) is 14.9 Å². The van der Waals surface area contributed by atoms with Crippen molar-refractivity contribution in [3.8, 4) is 6.07 Å². The summed E-state index contributed by atoms with van der Waals surface area (Å²) in [4.78, 5) is 29.6. The Kier molecular flexibility index (Phi) is 3.45. The molecule has 1 atom stereocenters. The number of nitriles is 1. The lowest BCUT2D eigenvalue weighted by molar-refractivity contribution is -0.125. The third-order valence-corrected chi connectivity index (χ3v) is 4.64. The quantitative estimate of drug-likeness (QED) is 0.786. The van der Waals surface area contributed by atoms with Crippen molar-refractivity contribution in [2.75, 3.05) is 18.0 Å². The Morgan fingerprint density at radius 2 is 2.14 bits per heavy atom. The number of imide groups is 1. The Labute approximate surface area is 128 Å². The van der Waals surface area contributed by atoms with Gasteiger partial charge in [-0.3, -0.25) is 15.1 Å². The molecule has 1 unspecified atom stereocenters. The van der Waals surface area contributed by atoms with Gasteiger partial charge in [0.15, 0.2) is 0 Å². The number of aromatic nitrogens is 1. The number of amides is 3. The van der Waals surface area contributed by atoms with Crippen LogP contribution in [0.4, 0.5) is 10.5 Å². The van der Waals surface area contributed by atoms with E-state index in [1.165, 1.54) is 0 Å². The van der Waals surface area contributed by atoms with Gasteiger partial charge >= 0.3 is 6.03 Å². The Hall–Kier alpha value is -2.62. The van der Waals surface area contributed by atoms with Gasteiger partial charge < -0.3 is 10.2 Å². The molecule has 2 aliphatic heterocycles. The van der Waals surface area contributed by atoms with E-state index in [4.69, 9.17) is 0 Å². The molecule has 22 heavy (non-hydrogen) atoms. The third kappa shape index (κ3) is 2.26. The molecule has 0 spiro atoms. The highest BCUT2D eigenvalue weighted by Crippen LogP contribution is 2.33. The summed E-state index contributed by atoms with van der Waals surface area (Å²) in [6, 6.07) is 3.46. The Bertz CT molecular complexity index is 660. The number of piperidine rings is 1. The second-order valence-electron chi connectivity index (χ2n) is 5.88. The molecule has 2 fully saturated rings. The zero-order valence-electron chi connectivity index (χ0n) is 12.3. The monoisotopic (exact) mass is 299 g/mol. The maximum Gasteiger partial charge on any atom is 0.322 e. The molecule has 114 valence electrons. The van der Waals surface area contributed by atoms with Crippen LogP contribution < -0.4 is 15.5 Å². The van der Waals surface area contributed by atoms with Crippen LogP contribution in [-0.2, 0) is 4.79 Å². The van der Waals surface area contributed by atoms with E-state index in [1.54, 1.807) is 25.4 Å². The SMILES string of the molecule is CC1(C2CCN(c3cnccc3C#N)CC2)NC(=O)NC1=O. The lowest BCUT2D eigenvalue weighted by atomic mass is 9.79. The van der Waals surface area contributed by atoms with Crippen LogP contribution >= 0.6 is 0 Å². The average molecular weight is 299 g/mol. The molecule has 7 heteroatoms. The van der Waals surface area contributed by atoms with Crippen molar-refractivity contribution in [3.63, 3.8) is 0 Å². The maximum atomic E-state index is 12.0. The molecule has 0 radical (unpaired) electrons. The highest BCUT2D eigenvalue weighted by atomic mass is 16.2. The molecule has 2 aliphatic rings. The molecule has 1 aromatic rings. The summed E-state index contributed by atoms with van der Waals surface area (Å²) in [6.07, 6.45) is 4.84. The maximum absolute atomic E-state index is 12.0. The molecule has 0 bridgehead atoms. The van der Waals surface area contributed by atoms with E-state index in [-0.39, 0.29) is 11.8 Å². The fourth-order valence-electron chi connectivity index (χ4n) is 3.27. The van der Waals surface area contributed by atoms with Gasteiger partial charge in [0, 0.05) is 19.3 Å². The molecule has 3 rings (SSSR count). The molecular formula is C15H17N5O2. The number of anilines is 1. The number of nitrogens with one attached hydrogen (secondary N) is 2. The summed E-state index contributed by atoms with van der Waals surface area (Å²) in [7, 11) is 0. The van der Waals surface area contributed by atoms with E-state index in [1.807, 2.05) is 0 Å². The molecule has 0 aromatic carbocycles. The number of hydrogen-bond acceptors (Lipinski definition) is 5. The van der Waals surface area contributed by atoms with Gasteiger partial charge in [-0.15, -0.1) is 0 Å². The minimum absolute atomic E-state index is 0.0809. The molecule has 2 saturated heterocycles. The standard InChI is InChI=1S/C15H17N5O2/c1-15(13(21)18-14(22)19-15)11-3-6-20(7-4-11)12-9-17-5-2-10(12)8-16/h2,5,9,11H,3-4,6-7H2,1H3,(H2,18,19,21,22). The molecular weight excluding hydrogens is 282 g/mol. The second-order valence-corrected chi connectivity index (χ2v) is 5.88. The van der Waals surface area contributed by atoms with Crippen LogP contribution in [0.1, 0.15) is 25.3 Å². The van der Waals surface area contributed by atoms with Crippen LogP contribution in [0.15, 0.2) is 18.5 Å². The van der Waals surface area contributed by atoms with Crippen molar-refractivity contribution in [2.24, 2.45) is 5.92 Å². The summed E-state index contributed by atoms with van der Waals surface area (Å²) in [5.74, 6) is -0.174. The van der Waals surface area contributed by atoms with Crippen LogP contribution in [0, 0.1) is 17.2 Å². The highest BCUT2D eigenvalue weighted by molar-refractivity contribution is 6.06. The van der Waals surface area contributed by atoms with Gasteiger partial charge in [0.25, 0.3) is 5.91 Å². The summed E-state index contributed by atoms with van der Waals surface area (Å²) in [5, 5.41) is 14.2. The van der Waals surface area contributed by atoms with Gasteiger partial charge in [-0.1, -0.05) is 0 Å². The van der Waals surface area contributed by atoms with Gasteiger partial charge in [0.1, 0.15) is 11.6 Å². The molecule has 0 saturated carbocycles.